The maximum Gasteiger partial charge on any atom is 0.294 e. The van der Waals surface area contributed by atoms with E-state index in [0.29, 0.717) is 4.91 Å². The number of nitrogens with two attached hydrogens (primary N) is 1. The van der Waals surface area contributed by atoms with Gasteiger partial charge in [0, 0.05) is 17.9 Å². The van der Waals surface area contributed by atoms with E-state index in [1.54, 1.807) is 6.08 Å². The number of aromatic nitrogens is 1. The molecule has 0 saturated carbocycles. The lowest BCUT2D eigenvalue weighted by atomic mass is 10.2. The van der Waals surface area contributed by atoms with E-state index in [9.17, 15) is 14.4 Å². The molecule has 2 N–H and O–H groups in total. The molecule has 1 fully saturated rings. The molecule has 0 aliphatic carbocycles. The summed E-state index contributed by atoms with van der Waals surface area (Å²) in [6.07, 6.45) is 1.69. The van der Waals surface area contributed by atoms with Crippen LogP contribution in [0.5, 0.6) is 0 Å². The molecule has 0 unspecified atom stereocenters. The van der Waals surface area contributed by atoms with Crippen molar-refractivity contribution in [2.75, 3.05) is 6.54 Å². The maximum atomic E-state index is 12.1. The summed E-state index contributed by atoms with van der Waals surface area (Å²) in [5.74, 6) is -1.17. The SMILES string of the molecule is CCn1c(C)cc(/C=C2\SC(=O)N(CC(N)=O)C2=O)c1C. The monoisotopic (exact) mass is 307 g/mol. The van der Waals surface area contributed by atoms with Gasteiger partial charge < -0.3 is 10.3 Å². The van der Waals surface area contributed by atoms with Crippen molar-refractivity contribution in [1.82, 2.24) is 9.47 Å². The minimum absolute atomic E-state index is 0.317. The first-order chi connectivity index (χ1) is 9.85. The third kappa shape index (κ3) is 2.87. The predicted octanol–water partition coefficient (Wildman–Crippen LogP) is 1.65. The first-order valence-corrected chi connectivity index (χ1v) is 7.37. The van der Waals surface area contributed by atoms with Gasteiger partial charge >= 0.3 is 0 Å². The Balaban J connectivity index is 2.33. The zero-order valence-electron chi connectivity index (χ0n) is 12.2. The quantitative estimate of drug-likeness (QED) is 0.857. The summed E-state index contributed by atoms with van der Waals surface area (Å²) >= 11 is 0.832. The molecule has 0 spiro atoms. The molecule has 0 bridgehead atoms. The first kappa shape index (κ1) is 15.4. The topological polar surface area (TPSA) is 85.4 Å². The number of imide groups is 1. The third-order valence-corrected chi connectivity index (χ3v) is 4.31. The highest BCUT2D eigenvalue weighted by atomic mass is 32.2. The number of thioether (sulfide) groups is 1. The van der Waals surface area contributed by atoms with E-state index < -0.39 is 17.1 Å². The lowest BCUT2D eigenvalue weighted by Gasteiger charge is -2.08. The van der Waals surface area contributed by atoms with E-state index in [1.165, 1.54) is 0 Å². The molecule has 0 radical (unpaired) electrons. The number of rotatable bonds is 4. The minimum Gasteiger partial charge on any atom is -0.368 e. The molecule has 0 aromatic carbocycles. The second-order valence-corrected chi connectivity index (χ2v) is 5.80. The van der Waals surface area contributed by atoms with Crippen LogP contribution < -0.4 is 5.73 Å². The van der Waals surface area contributed by atoms with Gasteiger partial charge in [-0.15, -0.1) is 0 Å². The van der Waals surface area contributed by atoms with Gasteiger partial charge in [-0.1, -0.05) is 0 Å². The van der Waals surface area contributed by atoms with E-state index in [1.807, 2.05) is 26.8 Å². The minimum atomic E-state index is -0.706. The molecule has 3 amide bonds. The van der Waals surface area contributed by atoms with Gasteiger partial charge in [0.15, 0.2) is 0 Å². The van der Waals surface area contributed by atoms with Crippen LogP contribution in [0.2, 0.25) is 0 Å². The number of amides is 3. The second kappa shape index (κ2) is 5.77. The number of carbonyl (C=O) groups excluding carboxylic acids is 3. The molecule has 6 nitrogen and oxygen atoms in total. The fourth-order valence-electron chi connectivity index (χ4n) is 2.39. The van der Waals surface area contributed by atoms with Crippen LogP contribution in [-0.4, -0.2) is 33.1 Å². The Morgan fingerprint density at radius 3 is 2.57 bits per heavy atom. The molecule has 7 heteroatoms. The molecule has 2 heterocycles. The van der Waals surface area contributed by atoms with Crippen LogP contribution in [0.3, 0.4) is 0 Å². The van der Waals surface area contributed by atoms with Crippen LogP contribution in [0.4, 0.5) is 4.79 Å². The molecule has 0 atom stereocenters. The van der Waals surface area contributed by atoms with Crippen LogP contribution in [0.1, 0.15) is 23.9 Å². The van der Waals surface area contributed by atoms with Crippen molar-refractivity contribution in [1.29, 1.82) is 0 Å². The summed E-state index contributed by atoms with van der Waals surface area (Å²) in [6.45, 7) is 6.47. The van der Waals surface area contributed by atoms with Crippen molar-refractivity contribution in [2.24, 2.45) is 5.73 Å². The fraction of sp³-hybridized carbons (Fsp3) is 0.357. The highest BCUT2D eigenvalue weighted by molar-refractivity contribution is 8.18. The summed E-state index contributed by atoms with van der Waals surface area (Å²) in [4.78, 5) is 36.0. The number of primary amides is 1. The number of aryl methyl sites for hydroxylation is 1. The summed E-state index contributed by atoms with van der Waals surface area (Å²) < 4.78 is 2.12. The van der Waals surface area contributed by atoms with Crippen molar-refractivity contribution in [2.45, 2.75) is 27.3 Å². The van der Waals surface area contributed by atoms with Crippen molar-refractivity contribution in [3.63, 3.8) is 0 Å². The number of hydrogen-bond acceptors (Lipinski definition) is 4. The van der Waals surface area contributed by atoms with Gasteiger partial charge in [-0.25, -0.2) is 0 Å². The average Bonchev–Trinajstić information content (AvgIpc) is 2.81. The molecule has 1 aliphatic heterocycles. The Kier molecular flexibility index (Phi) is 4.22. The van der Waals surface area contributed by atoms with Gasteiger partial charge in [0.25, 0.3) is 11.1 Å². The predicted molar refractivity (Wildman–Crippen MR) is 81.5 cm³/mol. The van der Waals surface area contributed by atoms with E-state index in [0.717, 1.165) is 40.2 Å². The molecular formula is C14H17N3O3S. The van der Waals surface area contributed by atoms with Crippen LogP contribution in [0.15, 0.2) is 11.0 Å². The van der Waals surface area contributed by atoms with Crippen LogP contribution >= 0.6 is 11.8 Å². The van der Waals surface area contributed by atoms with Gasteiger partial charge in [-0.05, 0) is 50.2 Å². The molecular weight excluding hydrogens is 290 g/mol. The maximum absolute atomic E-state index is 12.1. The van der Waals surface area contributed by atoms with Crippen LogP contribution in [0.25, 0.3) is 6.08 Å². The lowest BCUT2D eigenvalue weighted by Crippen LogP contribution is -2.36. The summed E-state index contributed by atoms with van der Waals surface area (Å²) in [5, 5.41) is -0.464. The van der Waals surface area contributed by atoms with Gasteiger partial charge in [0.05, 0.1) is 4.91 Å². The Labute approximate surface area is 127 Å². The number of nitrogens with zero attached hydrogens (tertiary/aromatic N) is 2. The Morgan fingerprint density at radius 1 is 1.38 bits per heavy atom. The van der Waals surface area contributed by atoms with Gasteiger partial charge in [-0.3, -0.25) is 19.3 Å². The molecule has 1 aliphatic rings. The Hall–Kier alpha value is -2.02. The molecule has 1 saturated heterocycles. The van der Waals surface area contributed by atoms with Crippen molar-refractivity contribution >= 4 is 34.9 Å². The largest absolute Gasteiger partial charge is 0.368 e. The standard InChI is InChI=1S/C14H17N3O3S/c1-4-16-8(2)5-10(9(16)3)6-11-13(19)17(7-12(15)18)14(20)21-11/h5-6H,4,7H2,1-3H3,(H2,15,18)/b11-6-. The van der Waals surface area contributed by atoms with Crippen molar-refractivity contribution in [3.05, 3.63) is 27.9 Å². The normalized spacial score (nSPS) is 17.1. The molecule has 1 aromatic rings. The van der Waals surface area contributed by atoms with Gasteiger partial charge in [-0.2, -0.15) is 0 Å². The fourth-order valence-corrected chi connectivity index (χ4v) is 3.22. The average molecular weight is 307 g/mol. The summed E-state index contributed by atoms with van der Waals surface area (Å²) in [6, 6.07) is 1.97. The van der Waals surface area contributed by atoms with Gasteiger partial charge in [0.2, 0.25) is 5.91 Å². The van der Waals surface area contributed by atoms with Crippen LogP contribution in [-0.2, 0) is 16.1 Å². The molecule has 112 valence electrons. The van der Waals surface area contributed by atoms with Crippen molar-refractivity contribution < 1.29 is 14.4 Å². The van der Waals surface area contributed by atoms with Gasteiger partial charge in [0.1, 0.15) is 6.54 Å². The summed E-state index contributed by atoms with van der Waals surface area (Å²) in [5.41, 5.74) is 8.08. The Morgan fingerprint density at radius 2 is 2.05 bits per heavy atom. The molecule has 21 heavy (non-hydrogen) atoms. The number of hydrogen-bond donors (Lipinski definition) is 1. The van der Waals surface area contributed by atoms with Crippen molar-refractivity contribution in [3.8, 4) is 0 Å². The Bertz CT molecular complexity index is 661. The van der Waals surface area contributed by atoms with Crippen LogP contribution in [0, 0.1) is 13.8 Å². The highest BCUT2D eigenvalue weighted by Crippen LogP contribution is 2.32. The van der Waals surface area contributed by atoms with E-state index >= 15 is 0 Å². The molecule has 2 rings (SSSR count). The first-order valence-electron chi connectivity index (χ1n) is 6.55. The summed E-state index contributed by atoms with van der Waals surface area (Å²) in [7, 11) is 0. The van der Waals surface area contributed by atoms with E-state index in [2.05, 4.69) is 4.57 Å². The zero-order chi connectivity index (χ0) is 15.7. The zero-order valence-corrected chi connectivity index (χ0v) is 13.0. The van der Waals surface area contributed by atoms with E-state index in [-0.39, 0.29) is 6.54 Å². The number of carbonyl (C=O) groups is 3. The highest BCUT2D eigenvalue weighted by Gasteiger charge is 2.36. The van der Waals surface area contributed by atoms with E-state index in [4.69, 9.17) is 5.73 Å². The second-order valence-electron chi connectivity index (χ2n) is 4.80. The third-order valence-electron chi connectivity index (χ3n) is 3.40. The smallest absolute Gasteiger partial charge is 0.294 e. The molecule has 1 aromatic heterocycles. The lowest BCUT2D eigenvalue weighted by molar-refractivity contribution is -0.127.